The fourth-order valence-electron chi connectivity index (χ4n) is 2.00. The SMILES string of the molecule is CN(CCn1cc(N)ccc1=O)C1CCC1. The molecule has 0 radical (unpaired) electrons. The Hall–Kier alpha value is -1.29. The van der Waals surface area contributed by atoms with Gasteiger partial charge in [-0.3, -0.25) is 4.79 Å². The Kier molecular flexibility index (Phi) is 3.29. The summed E-state index contributed by atoms with van der Waals surface area (Å²) in [5, 5.41) is 0. The number of hydrogen-bond donors (Lipinski definition) is 1. The smallest absolute Gasteiger partial charge is 0.250 e. The first-order chi connectivity index (χ1) is 7.66. The van der Waals surface area contributed by atoms with E-state index in [0.29, 0.717) is 5.69 Å². The standard InChI is InChI=1S/C12H19N3O/c1-14(11-3-2-4-11)7-8-15-9-10(13)5-6-12(15)16/h5-6,9,11H,2-4,7-8,13H2,1H3. The third-order valence-corrected chi connectivity index (χ3v) is 3.40. The number of nitrogen functional groups attached to an aromatic ring is 1. The normalized spacial score (nSPS) is 16.4. The van der Waals surface area contributed by atoms with E-state index >= 15 is 0 Å². The molecular formula is C12H19N3O. The maximum atomic E-state index is 11.5. The Labute approximate surface area is 95.7 Å². The minimum absolute atomic E-state index is 0.0243. The number of likely N-dealkylation sites (N-methyl/N-ethyl adjacent to an activating group) is 1. The highest BCUT2D eigenvalue weighted by Gasteiger charge is 2.21. The highest BCUT2D eigenvalue weighted by atomic mass is 16.1. The Balaban J connectivity index is 1.93. The molecule has 0 amide bonds. The molecule has 1 fully saturated rings. The monoisotopic (exact) mass is 221 g/mol. The summed E-state index contributed by atoms with van der Waals surface area (Å²) < 4.78 is 1.69. The summed E-state index contributed by atoms with van der Waals surface area (Å²) in [5.74, 6) is 0. The molecule has 1 aliphatic rings. The zero-order chi connectivity index (χ0) is 11.5. The van der Waals surface area contributed by atoms with E-state index < -0.39 is 0 Å². The van der Waals surface area contributed by atoms with Crippen LogP contribution < -0.4 is 11.3 Å². The summed E-state index contributed by atoms with van der Waals surface area (Å²) in [4.78, 5) is 13.9. The molecule has 4 nitrogen and oxygen atoms in total. The van der Waals surface area contributed by atoms with Crippen LogP contribution in [0.1, 0.15) is 19.3 Å². The lowest BCUT2D eigenvalue weighted by Gasteiger charge is -2.34. The molecule has 1 aliphatic carbocycles. The molecule has 0 bridgehead atoms. The molecule has 0 unspecified atom stereocenters. The predicted molar refractivity (Wildman–Crippen MR) is 65.4 cm³/mol. The van der Waals surface area contributed by atoms with Crippen molar-refractivity contribution in [2.75, 3.05) is 19.3 Å². The Morgan fingerprint density at radius 1 is 1.50 bits per heavy atom. The van der Waals surface area contributed by atoms with Crippen molar-refractivity contribution >= 4 is 5.69 Å². The molecule has 88 valence electrons. The lowest BCUT2D eigenvalue weighted by Crippen LogP contribution is -2.39. The molecule has 0 saturated heterocycles. The van der Waals surface area contributed by atoms with Gasteiger partial charge in [-0.05, 0) is 26.0 Å². The van der Waals surface area contributed by atoms with Gasteiger partial charge in [0.1, 0.15) is 0 Å². The third kappa shape index (κ3) is 2.44. The van der Waals surface area contributed by atoms with Crippen LogP contribution in [0.3, 0.4) is 0 Å². The van der Waals surface area contributed by atoms with Crippen LogP contribution in [0.4, 0.5) is 5.69 Å². The van der Waals surface area contributed by atoms with Gasteiger partial charge in [0.05, 0.1) is 0 Å². The lowest BCUT2D eigenvalue weighted by molar-refractivity contribution is 0.154. The summed E-state index contributed by atoms with van der Waals surface area (Å²) in [6.45, 7) is 1.63. The number of hydrogen-bond acceptors (Lipinski definition) is 3. The first kappa shape index (κ1) is 11.2. The van der Waals surface area contributed by atoms with Crippen molar-refractivity contribution in [1.82, 2.24) is 9.47 Å². The molecule has 1 heterocycles. The second-order valence-electron chi connectivity index (χ2n) is 4.56. The second-order valence-corrected chi connectivity index (χ2v) is 4.56. The molecule has 0 atom stereocenters. The number of rotatable bonds is 4. The largest absolute Gasteiger partial charge is 0.398 e. The van der Waals surface area contributed by atoms with Crippen molar-refractivity contribution in [1.29, 1.82) is 0 Å². The van der Waals surface area contributed by atoms with Gasteiger partial charge in [0, 0.05) is 37.1 Å². The molecule has 16 heavy (non-hydrogen) atoms. The molecule has 1 aromatic heterocycles. The van der Waals surface area contributed by atoms with Gasteiger partial charge in [-0.25, -0.2) is 0 Å². The van der Waals surface area contributed by atoms with Crippen LogP contribution in [0, 0.1) is 0 Å². The summed E-state index contributed by atoms with van der Waals surface area (Å²) in [7, 11) is 2.13. The van der Waals surface area contributed by atoms with Crippen LogP contribution >= 0.6 is 0 Å². The maximum Gasteiger partial charge on any atom is 0.250 e. The average molecular weight is 221 g/mol. The number of nitrogens with two attached hydrogens (primary N) is 1. The fraction of sp³-hybridized carbons (Fsp3) is 0.583. The topological polar surface area (TPSA) is 51.3 Å². The van der Waals surface area contributed by atoms with Crippen molar-refractivity contribution < 1.29 is 0 Å². The number of anilines is 1. The Morgan fingerprint density at radius 2 is 2.25 bits per heavy atom. The van der Waals surface area contributed by atoms with E-state index in [2.05, 4.69) is 11.9 Å². The van der Waals surface area contributed by atoms with Gasteiger partial charge in [0.15, 0.2) is 0 Å². The summed E-state index contributed by atoms with van der Waals surface area (Å²) >= 11 is 0. The molecular weight excluding hydrogens is 202 g/mol. The van der Waals surface area contributed by atoms with E-state index in [1.54, 1.807) is 16.8 Å². The van der Waals surface area contributed by atoms with Crippen LogP contribution in [-0.2, 0) is 6.54 Å². The zero-order valence-electron chi connectivity index (χ0n) is 9.72. The minimum Gasteiger partial charge on any atom is -0.398 e. The zero-order valence-corrected chi connectivity index (χ0v) is 9.72. The van der Waals surface area contributed by atoms with Gasteiger partial charge >= 0.3 is 0 Å². The van der Waals surface area contributed by atoms with Crippen LogP contribution in [0.2, 0.25) is 0 Å². The highest BCUT2D eigenvalue weighted by molar-refractivity contribution is 5.33. The molecule has 1 aromatic rings. The van der Waals surface area contributed by atoms with Crippen LogP contribution in [0.15, 0.2) is 23.1 Å². The maximum absolute atomic E-state index is 11.5. The van der Waals surface area contributed by atoms with Crippen molar-refractivity contribution in [3.63, 3.8) is 0 Å². The highest BCUT2D eigenvalue weighted by Crippen LogP contribution is 2.23. The Bertz CT molecular complexity index is 409. The van der Waals surface area contributed by atoms with Gasteiger partial charge in [-0.2, -0.15) is 0 Å². The van der Waals surface area contributed by atoms with E-state index in [1.165, 1.54) is 25.3 Å². The molecule has 0 aromatic carbocycles. The summed E-state index contributed by atoms with van der Waals surface area (Å²) in [6, 6.07) is 3.89. The fourth-order valence-corrected chi connectivity index (χ4v) is 2.00. The molecule has 2 N–H and O–H groups in total. The van der Waals surface area contributed by atoms with Crippen molar-refractivity contribution in [2.45, 2.75) is 31.8 Å². The van der Waals surface area contributed by atoms with Gasteiger partial charge in [-0.1, -0.05) is 6.42 Å². The number of nitrogens with zero attached hydrogens (tertiary/aromatic N) is 2. The lowest BCUT2D eigenvalue weighted by atomic mass is 9.92. The van der Waals surface area contributed by atoms with E-state index in [4.69, 9.17) is 5.73 Å². The Morgan fingerprint density at radius 3 is 2.88 bits per heavy atom. The summed E-state index contributed by atoms with van der Waals surface area (Å²) in [6.07, 6.45) is 5.65. The van der Waals surface area contributed by atoms with E-state index in [-0.39, 0.29) is 5.56 Å². The van der Waals surface area contributed by atoms with Gasteiger partial charge < -0.3 is 15.2 Å². The van der Waals surface area contributed by atoms with Gasteiger partial charge in [-0.15, -0.1) is 0 Å². The van der Waals surface area contributed by atoms with Gasteiger partial charge in [0.25, 0.3) is 5.56 Å². The van der Waals surface area contributed by atoms with Gasteiger partial charge in [0.2, 0.25) is 0 Å². The number of aromatic nitrogens is 1. The first-order valence-corrected chi connectivity index (χ1v) is 5.83. The van der Waals surface area contributed by atoms with E-state index in [1.807, 2.05) is 0 Å². The summed E-state index contributed by atoms with van der Waals surface area (Å²) in [5.41, 5.74) is 6.33. The molecule has 1 saturated carbocycles. The van der Waals surface area contributed by atoms with Crippen molar-refractivity contribution in [3.8, 4) is 0 Å². The molecule has 4 heteroatoms. The predicted octanol–water partition coefficient (Wildman–Crippen LogP) is 0.915. The minimum atomic E-state index is 0.0243. The van der Waals surface area contributed by atoms with E-state index in [0.717, 1.165) is 19.1 Å². The average Bonchev–Trinajstić information content (AvgIpc) is 2.17. The van der Waals surface area contributed by atoms with Crippen LogP contribution in [0.5, 0.6) is 0 Å². The first-order valence-electron chi connectivity index (χ1n) is 5.83. The van der Waals surface area contributed by atoms with Crippen molar-refractivity contribution in [3.05, 3.63) is 28.7 Å². The molecule has 0 spiro atoms. The molecule has 2 rings (SSSR count). The third-order valence-electron chi connectivity index (χ3n) is 3.40. The molecule has 0 aliphatic heterocycles. The van der Waals surface area contributed by atoms with E-state index in [9.17, 15) is 4.79 Å². The van der Waals surface area contributed by atoms with Crippen LogP contribution in [-0.4, -0.2) is 29.1 Å². The second kappa shape index (κ2) is 4.70. The van der Waals surface area contributed by atoms with Crippen LogP contribution in [0.25, 0.3) is 0 Å². The number of pyridine rings is 1. The van der Waals surface area contributed by atoms with Crippen molar-refractivity contribution in [2.24, 2.45) is 0 Å². The quantitative estimate of drug-likeness (QED) is 0.822.